The predicted octanol–water partition coefficient (Wildman–Crippen LogP) is 4.41. The molecule has 2 atom stereocenters. The molecule has 4 heteroatoms. The summed E-state index contributed by atoms with van der Waals surface area (Å²) in [6, 6.07) is 6.50. The zero-order valence-corrected chi connectivity index (χ0v) is 12.0. The van der Waals surface area contributed by atoms with E-state index in [1.165, 1.54) is 19.3 Å². The third-order valence-electron chi connectivity index (χ3n) is 3.09. The summed E-state index contributed by atoms with van der Waals surface area (Å²) < 4.78 is 1.000. The van der Waals surface area contributed by atoms with E-state index in [-0.39, 0.29) is 5.92 Å². The van der Waals surface area contributed by atoms with Crippen molar-refractivity contribution in [3.05, 3.63) is 22.8 Å². The molecule has 1 aromatic heterocycles. The van der Waals surface area contributed by atoms with Gasteiger partial charge in [-0.15, -0.1) is 11.8 Å². The van der Waals surface area contributed by atoms with Crippen molar-refractivity contribution in [2.75, 3.05) is 0 Å². The molecule has 1 heterocycles. The Kier molecular flexibility index (Phi) is 4.87. The van der Waals surface area contributed by atoms with E-state index in [1.807, 2.05) is 18.3 Å². The van der Waals surface area contributed by atoms with Crippen molar-refractivity contribution < 1.29 is 0 Å². The lowest BCUT2D eigenvalue weighted by Gasteiger charge is -2.17. The maximum Gasteiger partial charge on any atom is 0.0963 e. The number of hydrogen-bond acceptors (Lipinski definition) is 3. The van der Waals surface area contributed by atoms with Crippen molar-refractivity contribution in [3.63, 3.8) is 0 Å². The molecule has 2 unspecified atom stereocenters. The lowest BCUT2D eigenvalue weighted by molar-refractivity contribution is 0.584. The van der Waals surface area contributed by atoms with Crippen LogP contribution in [0.4, 0.5) is 0 Å². The highest BCUT2D eigenvalue weighted by molar-refractivity contribution is 9.10. The van der Waals surface area contributed by atoms with Crippen LogP contribution in [0.5, 0.6) is 0 Å². The summed E-state index contributed by atoms with van der Waals surface area (Å²) in [5.41, 5.74) is 0. The molecule has 0 N–H and O–H groups in total. The third kappa shape index (κ3) is 3.72. The van der Waals surface area contributed by atoms with Crippen LogP contribution in [-0.2, 0) is 0 Å². The second-order valence-electron chi connectivity index (χ2n) is 4.34. The van der Waals surface area contributed by atoms with Crippen LogP contribution in [0.25, 0.3) is 0 Å². The van der Waals surface area contributed by atoms with Gasteiger partial charge in [0.2, 0.25) is 0 Å². The fourth-order valence-electron chi connectivity index (χ4n) is 2.15. The lowest BCUT2D eigenvalue weighted by atomic mass is 10.0. The molecule has 2 rings (SSSR count). The van der Waals surface area contributed by atoms with Gasteiger partial charge in [0, 0.05) is 15.9 Å². The average Bonchev–Trinajstić information content (AvgIpc) is 2.57. The molecular formula is C13H15BrN2S. The van der Waals surface area contributed by atoms with Crippen LogP contribution < -0.4 is 0 Å². The Bertz CT molecular complexity index is 399. The minimum atomic E-state index is 0.188. The van der Waals surface area contributed by atoms with E-state index < -0.39 is 0 Å². The van der Waals surface area contributed by atoms with Gasteiger partial charge in [0.05, 0.1) is 17.0 Å². The largest absolute Gasteiger partial charge is 0.249 e. The average molecular weight is 311 g/mol. The van der Waals surface area contributed by atoms with Crippen LogP contribution in [0.2, 0.25) is 0 Å². The summed E-state index contributed by atoms with van der Waals surface area (Å²) in [4.78, 5) is 4.38. The molecule has 0 saturated heterocycles. The van der Waals surface area contributed by atoms with Gasteiger partial charge in [-0.3, -0.25) is 0 Å². The van der Waals surface area contributed by atoms with E-state index in [0.717, 1.165) is 22.3 Å². The van der Waals surface area contributed by atoms with Crippen LogP contribution in [-0.4, -0.2) is 10.2 Å². The Morgan fingerprint density at radius 1 is 1.29 bits per heavy atom. The predicted molar refractivity (Wildman–Crippen MR) is 73.8 cm³/mol. The van der Waals surface area contributed by atoms with Crippen molar-refractivity contribution in [1.82, 2.24) is 4.98 Å². The van der Waals surface area contributed by atoms with E-state index in [4.69, 9.17) is 0 Å². The summed E-state index contributed by atoms with van der Waals surface area (Å²) in [7, 11) is 0. The minimum absolute atomic E-state index is 0.188. The molecule has 0 radical (unpaired) electrons. The monoisotopic (exact) mass is 310 g/mol. The number of thioether (sulfide) groups is 1. The molecule has 1 aromatic rings. The molecule has 1 fully saturated rings. The fraction of sp³-hybridized carbons (Fsp3) is 0.538. The van der Waals surface area contributed by atoms with Crippen molar-refractivity contribution in [1.29, 1.82) is 5.26 Å². The molecule has 0 amide bonds. The highest BCUT2D eigenvalue weighted by Gasteiger charge is 2.24. The van der Waals surface area contributed by atoms with Crippen LogP contribution in [0.1, 0.15) is 32.1 Å². The quantitative estimate of drug-likeness (QED) is 0.759. The van der Waals surface area contributed by atoms with Crippen LogP contribution in [0.3, 0.4) is 0 Å². The Morgan fingerprint density at radius 2 is 2.12 bits per heavy atom. The SMILES string of the molecule is N#CC1CCCCCC1Sc1ccc(Br)cn1. The first-order valence-electron chi connectivity index (χ1n) is 5.97. The lowest BCUT2D eigenvalue weighted by Crippen LogP contribution is -2.14. The number of pyridine rings is 1. The number of halogens is 1. The molecule has 0 spiro atoms. The van der Waals surface area contributed by atoms with E-state index in [9.17, 15) is 5.26 Å². The van der Waals surface area contributed by atoms with Crippen molar-refractivity contribution in [3.8, 4) is 6.07 Å². The van der Waals surface area contributed by atoms with Gasteiger partial charge < -0.3 is 0 Å². The number of rotatable bonds is 2. The number of nitriles is 1. The van der Waals surface area contributed by atoms with Gasteiger partial charge in [-0.05, 0) is 40.9 Å². The Balaban J connectivity index is 2.05. The molecule has 1 aliphatic carbocycles. The number of nitrogens with zero attached hydrogens (tertiary/aromatic N) is 2. The summed E-state index contributed by atoms with van der Waals surface area (Å²) in [5, 5.41) is 10.7. The van der Waals surface area contributed by atoms with Gasteiger partial charge >= 0.3 is 0 Å². The summed E-state index contributed by atoms with van der Waals surface area (Å²) in [6.45, 7) is 0. The number of aromatic nitrogens is 1. The van der Waals surface area contributed by atoms with E-state index in [2.05, 4.69) is 27.0 Å². The molecule has 0 bridgehead atoms. The molecule has 0 aromatic carbocycles. The molecular weight excluding hydrogens is 296 g/mol. The smallest absolute Gasteiger partial charge is 0.0963 e. The standard InChI is InChI=1S/C13H15BrN2S/c14-11-6-7-13(16-9-11)17-12-5-3-1-2-4-10(12)8-15/h6-7,9-10,12H,1-5H2. The van der Waals surface area contributed by atoms with E-state index in [0.29, 0.717) is 5.25 Å². The van der Waals surface area contributed by atoms with Crippen LogP contribution >= 0.6 is 27.7 Å². The normalized spacial score (nSPS) is 24.9. The highest BCUT2D eigenvalue weighted by atomic mass is 79.9. The van der Waals surface area contributed by atoms with Crippen LogP contribution in [0, 0.1) is 17.2 Å². The first-order chi connectivity index (χ1) is 8.29. The Hall–Kier alpha value is -0.530. The van der Waals surface area contributed by atoms with Gasteiger partial charge in [-0.25, -0.2) is 4.98 Å². The second-order valence-corrected chi connectivity index (χ2v) is 6.52. The summed E-state index contributed by atoms with van der Waals surface area (Å²) in [5.74, 6) is 0.188. The molecule has 2 nitrogen and oxygen atoms in total. The molecule has 1 saturated carbocycles. The van der Waals surface area contributed by atoms with Crippen molar-refractivity contribution >= 4 is 27.7 Å². The molecule has 0 aliphatic heterocycles. The molecule has 17 heavy (non-hydrogen) atoms. The van der Waals surface area contributed by atoms with Gasteiger partial charge in [-0.1, -0.05) is 19.3 Å². The minimum Gasteiger partial charge on any atom is -0.249 e. The number of hydrogen-bond donors (Lipinski definition) is 0. The van der Waals surface area contributed by atoms with Crippen LogP contribution in [0.15, 0.2) is 27.8 Å². The first kappa shape index (κ1) is 12.9. The third-order valence-corrected chi connectivity index (χ3v) is 4.91. The molecule has 1 aliphatic rings. The fourth-order valence-corrected chi connectivity index (χ4v) is 3.60. The topological polar surface area (TPSA) is 36.7 Å². The molecule has 90 valence electrons. The zero-order chi connectivity index (χ0) is 12.1. The Morgan fingerprint density at radius 3 is 2.82 bits per heavy atom. The summed E-state index contributed by atoms with van der Waals surface area (Å²) >= 11 is 5.15. The van der Waals surface area contributed by atoms with Crippen molar-refractivity contribution in [2.45, 2.75) is 42.4 Å². The van der Waals surface area contributed by atoms with Gasteiger partial charge in [0.15, 0.2) is 0 Å². The Labute approximate surface area is 115 Å². The summed E-state index contributed by atoms with van der Waals surface area (Å²) in [6.07, 6.45) is 7.71. The van der Waals surface area contributed by atoms with Gasteiger partial charge in [0.1, 0.15) is 0 Å². The zero-order valence-electron chi connectivity index (χ0n) is 9.60. The maximum atomic E-state index is 9.22. The highest BCUT2D eigenvalue weighted by Crippen LogP contribution is 2.35. The maximum absolute atomic E-state index is 9.22. The van der Waals surface area contributed by atoms with Gasteiger partial charge in [-0.2, -0.15) is 5.26 Å². The van der Waals surface area contributed by atoms with E-state index in [1.54, 1.807) is 11.8 Å². The first-order valence-corrected chi connectivity index (χ1v) is 7.64. The van der Waals surface area contributed by atoms with Crippen molar-refractivity contribution in [2.24, 2.45) is 5.92 Å². The second kappa shape index (κ2) is 6.42. The van der Waals surface area contributed by atoms with E-state index >= 15 is 0 Å². The van der Waals surface area contributed by atoms with Gasteiger partial charge in [0.25, 0.3) is 0 Å².